The third kappa shape index (κ3) is 2.76. The molecule has 2 aromatic rings. The lowest BCUT2D eigenvalue weighted by Gasteiger charge is -2.27. The monoisotopic (exact) mass is 341 g/mol. The fourth-order valence-corrected chi connectivity index (χ4v) is 2.96. The summed E-state index contributed by atoms with van der Waals surface area (Å²) in [6.07, 6.45) is 0.0962. The van der Waals surface area contributed by atoms with Crippen LogP contribution in [0.15, 0.2) is 59.9 Å². The van der Waals surface area contributed by atoms with Gasteiger partial charge in [0.1, 0.15) is 11.6 Å². The number of para-hydroxylation sites is 2. The van der Waals surface area contributed by atoms with Gasteiger partial charge >= 0.3 is 0 Å². The van der Waals surface area contributed by atoms with Gasteiger partial charge in [-0.15, -0.1) is 0 Å². The number of carbonyl (C=O) groups excluding carboxylic acids is 2. The molecule has 0 aromatic heterocycles. The number of aliphatic hydroxyl groups excluding tert-OH is 1. The van der Waals surface area contributed by atoms with Gasteiger partial charge in [0.15, 0.2) is 11.5 Å². The van der Waals surface area contributed by atoms with E-state index in [0.717, 1.165) is 4.90 Å². The fraction of sp³-hybridized carbons (Fsp3) is 0.158. The van der Waals surface area contributed by atoms with Crippen molar-refractivity contribution in [2.75, 3.05) is 4.90 Å². The Morgan fingerprint density at radius 2 is 1.76 bits per heavy atom. The molecule has 0 saturated carbocycles. The Kier molecular flexibility index (Phi) is 4.27. The predicted octanol–water partition coefficient (Wildman–Crippen LogP) is 3.41. The molecule has 0 saturated heterocycles. The Morgan fingerprint density at radius 1 is 1.12 bits per heavy atom. The van der Waals surface area contributed by atoms with Gasteiger partial charge in [0.25, 0.3) is 5.91 Å². The van der Waals surface area contributed by atoms with Gasteiger partial charge in [0, 0.05) is 6.42 Å². The first-order valence-corrected chi connectivity index (χ1v) is 7.79. The van der Waals surface area contributed by atoms with Crippen molar-refractivity contribution in [3.05, 3.63) is 71.2 Å². The molecule has 1 aliphatic rings. The van der Waals surface area contributed by atoms with E-state index in [0.29, 0.717) is 5.56 Å². The number of rotatable bonds is 4. The number of benzene rings is 2. The number of anilines is 1. The SMILES string of the molecule is CCC(=O)C1=C(O)C(=O)N(c2ccccc2O)C1c1ccc(F)cc1. The summed E-state index contributed by atoms with van der Waals surface area (Å²) in [5, 5.41) is 20.4. The summed E-state index contributed by atoms with van der Waals surface area (Å²) in [5.74, 6) is -2.45. The van der Waals surface area contributed by atoms with E-state index in [1.54, 1.807) is 19.1 Å². The molecule has 25 heavy (non-hydrogen) atoms. The van der Waals surface area contributed by atoms with Crippen LogP contribution < -0.4 is 4.90 Å². The Bertz CT molecular complexity index is 873. The van der Waals surface area contributed by atoms with Crippen molar-refractivity contribution in [2.45, 2.75) is 19.4 Å². The number of halogens is 1. The highest BCUT2D eigenvalue weighted by molar-refractivity contribution is 6.16. The maximum atomic E-state index is 13.3. The van der Waals surface area contributed by atoms with Crippen LogP contribution in [-0.2, 0) is 9.59 Å². The zero-order chi connectivity index (χ0) is 18.1. The predicted molar refractivity (Wildman–Crippen MR) is 89.7 cm³/mol. The lowest BCUT2D eigenvalue weighted by Crippen LogP contribution is -2.31. The highest BCUT2D eigenvalue weighted by atomic mass is 19.1. The summed E-state index contributed by atoms with van der Waals surface area (Å²) in [7, 11) is 0. The molecule has 2 aromatic carbocycles. The molecule has 128 valence electrons. The van der Waals surface area contributed by atoms with Gasteiger partial charge in [-0.2, -0.15) is 0 Å². The number of aliphatic hydroxyl groups is 1. The third-order valence-corrected chi connectivity index (χ3v) is 4.16. The standard InChI is InChI=1S/C19H16FNO4/c1-2-14(22)16-17(11-7-9-12(20)10-8-11)21(19(25)18(16)24)13-5-3-4-6-15(13)23/h3-10,17,23-24H,2H2,1H3. The molecular formula is C19H16FNO4. The zero-order valence-corrected chi connectivity index (χ0v) is 13.4. The van der Waals surface area contributed by atoms with Gasteiger partial charge in [0.05, 0.1) is 17.3 Å². The highest BCUT2D eigenvalue weighted by Crippen LogP contribution is 2.43. The fourth-order valence-electron chi connectivity index (χ4n) is 2.96. The number of ketones is 1. The van der Waals surface area contributed by atoms with E-state index in [-0.39, 0.29) is 23.4 Å². The number of nitrogens with zero attached hydrogens (tertiary/aromatic N) is 1. The van der Waals surface area contributed by atoms with Gasteiger partial charge in [-0.05, 0) is 29.8 Å². The third-order valence-electron chi connectivity index (χ3n) is 4.16. The lowest BCUT2D eigenvalue weighted by molar-refractivity contribution is -0.118. The van der Waals surface area contributed by atoms with E-state index in [9.17, 15) is 24.2 Å². The van der Waals surface area contributed by atoms with Crippen molar-refractivity contribution in [1.82, 2.24) is 0 Å². The smallest absolute Gasteiger partial charge is 0.294 e. The number of carbonyl (C=O) groups is 2. The zero-order valence-electron chi connectivity index (χ0n) is 13.4. The van der Waals surface area contributed by atoms with Gasteiger partial charge in [-0.25, -0.2) is 4.39 Å². The Labute approximate surface area is 143 Å². The average Bonchev–Trinajstić information content (AvgIpc) is 2.87. The number of Topliss-reactive ketones (excluding diaryl/α,β-unsaturated/α-hetero) is 1. The molecular weight excluding hydrogens is 325 g/mol. The average molecular weight is 341 g/mol. The van der Waals surface area contributed by atoms with Gasteiger partial charge in [-0.3, -0.25) is 14.5 Å². The van der Waals surface area contributed by atoms with E-state index in [1.165, 1.54) is 36.4 Å². The van der Waals surface area contributed by atoms with Gasteiger partial charge < -0.3 is 10.2 Å². The van der Waals surface area contributed by atoms with Crippen LogP contribution >= 0.6 is 0 Å². The van der Waals surface area contributed by atoms with Crippen molar-refractivity contribution in [3.63, 3.8) is 0 Å². The topological polar surface area (TPSA) is 77.8 Å². The summed E-state index contributed by atoms with van der Waals surface area (Å²) in [6, 6.07) is 10.5. The summed E-state index contributed by atoms with van der Waals surface area (Å²) in [4.78, 5) is 26.1. The van der Waals surface area contributed by atoms with Crippen molar-refractivity contribution in [1.29, 1.82) is 0 Å². The molecule has 1 unspecified atom stereocenters. The van der Waals surface area contributed by atoms with E-state index in [1.807, 2.05) is 0 Å². The normalized spacial score (nSPS) is 17.3. The molecule has 0 radical (unpaired) electrons. The summed E-state index contributed by atoms with van der Waals surface area (Å²) in [5.41, 5.74) is 0.563. The van der Waals surface area contributed by atoms with Crippen molar-refractivity contribution in [3.8, 4) is 5.75 Å². The minimum absolute atomic E-state index is 0.0534. The van der Waals surface area contributed by atoms with Crippen LogP contribution in [0.4, 0.5) is 10.1 Å². The number of phenols is 1. The molecule has 1 heterocycles. The van der Waals surface area contributed by atoms with E-state index in [4.69, 9.17) is 0 Å². The molecule has 3 rings (SSSR count). The second-order valence-electron chi connectivity index (χ2n) is 5.66. The van der Waals surface area contributed by atoms with E-state index in [2.05, 4.69) is 0 Å². The number of hydrogen-bond donors (Lipinski definition) is 2. The molecule has 0 bridgehead atoms. The molecule has 6 heteroatoms. The van der Waals surface area contributed by atoms with Crippen LogP contribution in [0.3, 0.4) is 0 Å². The van der Waals surface area contributed by atoms with Crippen molar-refractivity contribution < 1.29 is 24.2 Å². The van der Waals surface area contributed by atoms with Crippen molar-refractivity contribution in [2.24, 2.45) is 0 Å². The highest BCUT2D eigenvalue weighted by Gasteiger charge is 2.44. The van der Waals surface area contributed by atoms with Crippen LogP contribution in [-0.4, -0.2) is 21.9 Å². The first kappa shape index (κ1) is 16.7. The molecule has 5 nitrogen and oxygen atoms in total. The molecule has 0 aliphatic carbocycles. The molecule has 1 amide bonds. The number of hydrogen-bond acceptors (Lipinski definition) is 4. The lowest BCUT2D eigenvalue weighted by atomic mass is 9.95. The molecule has 0 fully saturated rings. The summed E-state index contributed by atoms with van der Waals surface area (Å²) >= 11 is 0. The largest absolute Gasteiger partial charge is 0.506 e. The number of aromatic hydroxyl groups is 1. The minimum atomic E-state index is -0.936. The Morgan fingerprint density at radius 3 is 2.36 bits per heavy atom. The van der Waals surface area contributed by atoms with Crippen LogP contribution in [0.25, 0.3) is 0 Å². The molecule has 2 N–H and O–H groups in total. The van der Waals surface area contributed by atoms with Gasteiger partial charge in [0.2, 0.25) is 0 Å². The van der Waals surface area contributed by atoms with Crippen LogP contribution in [0.5, 0.6) is 5.75 Å². The summed E-state index contributed by atoms with van der Waals surface area (Å²) < 4.78 is 13.3. The second kappa shape index (κ2) is 6.39. The Balaban J connectivity index is 2.20. The maximum Gasteiger partial charge on any atom is 0.294 e. The quantitative estimate of drug-likeness (QED) is 0.893. The van der Waals surface area contributed by atoms with E-state index < -0.39 is 29.3 Å². The minimum Gasteiger partial charge on any atom is -0.506 e. The maximum absolute atomic E-state index is 13.3. The first-order valence-electron chi connectivity index (χ1n) is 7.79. The van der Waals surface area contributed by atoms with E-state index >= 15 is 0 Å². The molecule has 1 atom stereocenters. The molecule has 1 aliphatic heterocycles. The number of amides is 1. The second-order valence-corrected chi connectivity index (χ2v) is 5.66. The molecule has 0 spiro atoms. The van der Waals surface area contributed by atoms with Crippen LogP contribution in [0.2, 0.25) is 0 Å². The first-order chi connectivity index (χ1) is 12.0. The van der Waals surface area contributed by atoms with Crippen LogP contribution in [0.1, 0.15) is 24.9 Å². The number of phenolic OH excluding ortho intramolecular Hbond substituents is 1. The Hall–Kier alpha value is -3.15. The van der Waals surface area contributed by atoms with Crippen molar-refractivity contribution >= 4 is 17.4 Å². The van der Waals surface area contributed by atoms with Crippen LogP contribution in [0, 0.1) is 5.82 Å². The summed E-state index contributed by atoms with van der Waals surface area (Å²) in [6.45, 7) is 1.62. The van der Waals surface area contributed by atoms with Gasteiger partial charge in [-0.1, -0.05) is 31.2 Å².